The zero-order valence-corrected chi connectivity index (χ0v) is 10.4. The van der Waals surface area contributed by atoms with Gasteiger partial charge in [-0.2, -0.15) is 11.8 Å². The molecule has 0 heterocycles. The van der Waals surface area contributed by atoms with Crippen LogP contribution in [0, 0.1) is 0 Å². The number of benzene rings is 2. The van der Waals surface area contributed by atoms with Crippen molar-refractivity contribution in [3.05, 3.63) is 42.5 Å². The van der Waals surface area contributed by atoms with Gasteiger partial charge in [0.1, 0.15) is 0 Å². The van der Waals surface area contributed by atoms with Gasteiger partial charge in [0.2, 0.25) is 0 Å². The van der Waals surface area contributed by atoms with E-state index in [1.54, 1.807) is 0 Å². The summed E-state index contributed by atoms with van der Waals surface area (Å²) in [6, 6.07) is 15.0. The molecule has 0 aliphatic heterocycles. The monoisotopic (exact) mass is 231 g/mol. The van der Waals surface area contributed by atoms with Gasteiger partial charge in [-0.15, -0.1) is 0 Å². The Bertz CT molecular complexity index is 453. The summed E-state index contributed by atoms with van der Waals surface area (Å²) in [6.45, 7) is 3.23. The molecule has 0 saturated heterocycles. The van der Waals surface area contributed by atoms with Gasteiger partial charge in [0.15, 0.2) is 0 Å². The number of rotatable bonds is 5. The van der Waals surface area contributed by atoms with E-state index in [4.69, 9.17) is 0 Å². The van der Waals surface area contributed by atoms with Crippen LogP contribution in [0.2, 0.25) is 0 Å². The first-order valence-corrected chi connectivity index (χ1v) is 6.86. The van der Waals surface area contributed by atoms with Crippen molar-refractivity contribution in [2.24, 2.45) is 0 Å². The molecule has 2 rings (SSSR count). The quantitative estimate of drug-likeness (QED) is 0.780. The maximum atomic E-state index is 3.45. The lowest BCUT2D eigenvalue weighted by molar-refractivity contribution is 1.23. The Kier molecular flexibility index (Phi) is 4.11. The van der Waals surface area contributed by atoms with Crippen molar-refractivity contribution in [3.63, 3.8) is 0 Å². The first kappa shape index (κ1) is 11.3. The second kappa shape index (κ2) is 5.80. The SMILES string of the molecule is CCSCCNc1ccc2ccccc2c1. The topological polar surface area (TPSA) is 12.0 Å². The second-order valence-electron chi connectivity index (χ2n) is 3.69. The first-order valence-electron chi connectivity index (χ1n) is 5.70. The average molecular weight is 231 g/mol. The predicted molar refractivity (Wildman–Crippen MR) is 75.4 cm³/mol. The molecule has 2 aromatic carbocycles. The van der Waals surface area contributed by atoms with Crippen LogP contribution in [0.4, 0.5) is 5.69 Å². The normalized spacial score (nSPS) is 10.6. The molecule has 84 valence electrons. The summed E-state index contributed by atoms with van der Waals surface area (Å²) in [4.78, 5) is 0. The summed E-state index contributed by atoms with van der Waals surface area (Å²) >= 11 is 1.97. The van der Waals surface area contributed by atoms with E-state index < -0.39 is 0 Å². The van der Waals surface area contributed by atoms with Crippen LogP contribution in [0.25, 0.3) is 10.8 Å². The Hall–Kier alpha value is -1.15. The van der Waals surface area contributed by atoms with Crippen molar-refractivity contribution in [1.82, 2.24) is 0 Å². The van der Waals surface area contributed by atoms with E-state index in [1.807, 2.05) is 11.8 Å². The largest absolute Gasteiger partial charge is 0.384 e. The van der Waals surface area contributed by atoms with Crippen LogP contribution < -0.4 is 5.32 Å². The van der Waals surface area contributed by atoms with E-state index in [1.165, 1.54) is 28.0 Å². The van der Waals surface area contributed by atoms with Gasteiger partial charge in [-0.05, 0) is 28.7 Å². The van der Waals surface area contributed by atoms with Gasteiger partial charge in [-0.25, -0.2) is 0 Å². The van der Waals surface area contributed by atoms with Crippen LogP contribution in [0.1, 0.15) is 6.92 Å². The molecule has 0 amide bonds. The number of thioether (sulfide) groups is 1. The molecule has 16 heavy (non-hydrogen) atoms. The van der Waals surface area contributed by atoms with Gasteiger partial charge in [0.05, 0.1) is 0 Å². The van der Waals surface area contributed by atoms with Crippen molar-refractivity contribution in [2.75, 3.05) is 23.4 Å². The molecule has 1 N–H and O–H groups in total. The summed E-state index contributed by atoms with van der Waals surface area (Å²) in [5.41, 5.74) is 1.22. The Balaban J connectivity index is 2.02. The van der Waals surface area contributed by atoms with Crippen molar-refractivity contribution >= 4 is 28.2 Å². The second-order valence-corrected chi connectivity index (χ2v) is 5.08. The van der Waals surface area contributed by atoms with Crippen molar-refractivity contribution in [1.29, 1.82) is 0 Å². The van der Waals surface area contributed by atoms with Crippen LogP contribution >= 0.6 is 11.8 Å². The lowest BCUT2D eigenvalue weighted by Gasteiger charge is -2.06. The molecule has 0 fully saturated rings. The van der Waals surface area contributed by atoms with E-state index in [9.17, 15) is 0 Å². The summed E-state index contributed by atoms with van der Waals surface area (Å²) in [6.07, 6.45) is 0. The zero-order chi connectivity index (χ0) is 11.2. The molecular formula is C14H17NS. The highest BCUT2D eigenvalue weighted by molar-refractivity contribution is 7.99. The Morgan fingerprint density at radius 2 is 1.88 bits per heavy atom. The number of fused-ring (bicyclic) bond motifs is 1. The summed E-state index contributed by atoms with van der Waals surface area (Å²) in [7, 11) is 0. The van der Waals surface area contributed by atoms with Crippen LogP contribution in [0.5, 0.6) is 0 Å². The fraction of sp³-hybridized carbons (Fsp3) is 0.286. The Morgan fingerprint density at radius 3 is 2.69 bits per heavy atom. The van der Waals surface area contributed by atoms with E-state index in [0.29, 0.717) is 0 Å². The molecule has 0 saturated carbocycles. The van der Waals surface area contributed by atoms with E-state index in [0.717, 1.165) is 6.54 Å². The molecule has 0 radical (unpaired) electrons. The Morgan fingerprint density at radius 1 is 1.06 bits per heavy atom. The van der Waals surface area contributed by atoms with Crippen molar-refractivity contribution in [2.45, 2.75) is 6.92 Å². The highest BCUT2D eigenvalue weighted by Gasteiger charge is 1.95. The molecule has 0 atom stereocenters. The minimum absolute atomic E-state index is 1.04. The fourth-order valence-electron chi connectivity index (χ4n) is 1.71. The highest BCUT2D eigenvalue weighted by atomic mass is 32.2. The fourth-order valence-corrected chi connectivity index (χ4v) is 2.25. The number of hydrogen-bond acceptors (Lipinski definition) is 2. The summed E-state index contributed by atoms with van der Waals surface area (Å²) < 4.78 is 0. The third-order valence-electron chi connectivity index (χ3n) is 2.53. The van der Waals surface area contributed by atoms with Crippen molar-refractivity contribution < 1.29 is 0 Å². The molecule has 2 heteroatoms. The van der Waals surface area contributed by atoms with Gasteiger partial charge < -0.3 is 5.32 Å². The highest BCUT2D eigenvalue weighted by Crippen LogP contribution is 2.18. The average Bonchev–Trinajstić information content (AvgIpc) is 2.34. The zero-order valence-electron chi connectivity index (χ0n) is 9.57. The summed E-state index contributed by atoms with van der Waals surface area (Å²) in [5.74, 6) is 2.36. The number of anilines is 1. The van der Waals surface area contributed by atoms with Gasteiger partial charge in [-0.3, -0.25) is 0 Å². The lowest BCUT2D eigenvalue weighted by atomic mass is 10.1. The molecule has 1 nitrogen and oxygen atoms in total. The molecule has 0 aromatic heterocycles. The molecule has 0 aliphatic carbocycles. The minimum atomic E-state index is 1.04. The minimum Gasteiger partial charge on any atom is -0.384 e. The third kappa shape index (κ3) is 2.92. The molecule has 0 spiro atoms. The van der Waals surface area contributed by atoms with Crippen LogP contribution in [0.3, 0.4) is 0 Å². The van der Waals surface area contributed by atoms with Gasteiger partial charge in [0.25, 0.3) is 0 Å². The number of nitrogens with one attached hydrogen (secondary N) is 1. The van der Waals surface area contributed by atoms with E-state index in [-0.39, 0.29) is 0 Å². The van der Waals surface area contributed by atoms with Crippen molar-refractivity contribution in [3.8, 4) is 0 Å². The Labute approximate surface area is 101 Å². The lowest BCUT2D eigenvalue weighted by Crippen LogP contribution is -2.03. The van der Waals surface area contributed by atoms with Gasteiger partial charge in [-0.1, -0.05) is 37.3 Å². The molecule has 0 aliphatic rings. The van der Waals surface area contributed by atoms with Gasteiger partial charge in [0, 0.05) is 18.0 Å². The smallest absolute Gasteiger partial charge is 0.0346 e. The van der Waals surface area contributed by atoms with Crippen LogP contribution in [0.15, 0.2) is 42.5 Å². The molecule has 0 bridgehead atoms. The van der Waals surface area contributed by atoms with E-state index >= 15 is 0 Å². The maximum Gasteiger partial charge on any atom is 0.0346 e. The van der Waals surface area contributed by atoms with Gasteiger partial charge >= 0.3 is 0 Å². The maximum absolute atomic E-state index is 3.45. The standard InChI is InChI=1S/C14H17NS/c1-2-16-10-9-15-14-8-7-12-5-3-4-6-13(12)11-14/h3-8,11,15H,2,9-10H2,1H3. The van der Waals surface area contributed by atoms with Crippen LogP contribution in [-0.2, 0) is 0 Å². The predicted octanol–water partition coefficient (Wildman–Crippen LogP) is 4.00. The van der Waals surface area contributed by atoms with E-state index in [2.05, 4.69) is 54.7 Å². The number of hydrogen-bond donors (Lipinski definition) is 1. The molecule has 0 unspecified atom stereocenters. The first-order chi connectivity index (χ1) is 7.90. The molecule has 2 aromatic rings. The van der Waals surface area contributed by atoms with Crippen LogP contribution in [-0.4, -0.2) is 18.1 Å². The summed E-state index contributed by atoms with van der Waals surface area (Å²) in [5, 5.41) is 6.05. The molecular weight excluding hydrogens is 214 g/mol. The third-order valence-corrected chi connectivity index (χ3v) is 3.43.